The summed E-state index contributed by atoms with van der Waals surface area (Å²) >= 11 is 1.22. The molecular formula is C8H10N2O4S. The third-order valence-corrected chi connectivity index (χ3v) is 3.04. The third kappa shape index (κ3) is 2.44. The first-order chi connectivity index (χ1) is 7.15. The van der Waals surface area contributed by atoms with E-state index in [1.807, 2.05) is 0 Å². The van der Waals surface area contributed by atoms with Gasteiger partial charge >= 0.3 is 6.09 Å². The lowest BCUT2D eigenvalue weighted by atomic mass is 10.2. The van der Waals surface area contributed by atoms with Gasteiger partial charge in [-0.1, -0.05) is 11.3 Å². The summed E-state index contributed by atoms with van der Waals surface area (Å²) in [5.41, 5.74) is 0. The van der Waals surface area contributed by atoms with Crippen molar-refractivity contribution in [3.63, 3.8) is 0 Å². The summed E-state index contributed by atoms with van der Waals surface area (Å²) in [6.07, 6.45) is 0.367. The van der Waals surface area contributed by atoms with Gasteiger partial charge < -0.3 is 14.9 Å². The van der Waals surface area contributed by atoms with Crippen molar-refractivity contribution in [3.05, 3.63) is 11.1 Å². The number of carboxylic acid groups (broad SMARTS) is 1. The number of aromatic nitrogens is 1. The van der Waals surface area contributed by atoms with E-state index in [2.05, 4.69) is 10.3 Å². The Balaban J connectivity index is 2.03. The minimum atomic E-state index is -1.14. The van der Waals surface area contributed by atoms with Crippen LogP contribution in [0.25, 0.3) is 0 Å². The molecule has 1 aromatic rings. The largest absolute Gasteiger partial charge is 0.465 e. The normalized spacial score (nSPS) is 25.4. The number of rotatable bonds is 2. The average Bonchev–Trinajstić information content (AvgIpc) is 2.72. The number of aliphatic hydroxyl groups is 1. The molecule has 0 radical (unpaired) electrons. The molecule has 0 bridgehead atoms. The Labute approximate surface area is 89.5 Å². The maximum Gasteiger partial charge on any atom is 0.410 e. The van der Waals surface area contributed by atoms with Crippen LogP contribution >= 0.6 is 11.3 Å². The fourth-order valence-corrected chi connectivity index (χ4v) is 2.26. The van der Waals surface area contributed by atoms with Gasteiger partial charge in [0.15, 0.2) is 5.13 Å². The zero-order chi connectivity index (χ0) is 10.8. The highest BCUT2D eigenvalue weighted by atomic mass is 32.1. The summed E-state index contributed by atoms with van der Waals surface area (Å²) in [7, 11) is 0. The zero-order valence-electron chi connectivity index (χ0n) is 7.71. The number of hydrogen-bond donors (Lipinski definition) is 3. The molecule has 2 heterocycles. The van der Waals surface area contributed by atoms with Gasteiger partial charge in [0, 0.05) is 12.6 Å². The monoisotopic (exact) mass is 230 g/mol. The summed E-state index contributed by atoms with van der Waals surface area (Å²) < 4.78 is 5.31. The second kappa shape index (κ2) is 4.13. The van der Waals surface area contributed by atoms with Crippen LogP contribution in [-0.2, 0) is 4.74 Å². The van der Waals surface area contributed by atoms with Gasteiger partial charge in [-0.25, -0.2) is 9.78 Å². The van der Waals surface area contributed by atoms with Gasteiger partial charge in [-0.3, -0.25) is 5.32 Å². The number of anilines is 1. The van der Waals surface area contributed by atoms with Crippen molar-refractivity contribution in [2.24, 2.45) is 0 Å². The molecule has 1 amide bonds. The molecular weight excluding hydrogens is 220 g/mol. The summed E-state index contributed by atoms with van der Waals surface area (Å²) in [6.45, 7) is 0.324. The molecule has 1 fully saturated rings. The Hall–Kier alpha value is -1.18. The molecule has 2 atom stereocenters. The fourth-order valence-electron chi connectivity index (χ4n) is 1.39. The van der Waals surface area contributed by atoms with Crippen molar-refractivity contribution in [3.8, 4) is 0 Å². The molecule has 1 aliphatic heterocycles. The lowest BCUT2D eigenvalue weighted by Crippen LogP contribution is -2.06. The van der Waals surface area contributed by atoms with Crippen LogP contribution in [0.2, 0.25) is 0 Å². The Bertz CT molecular complexity index is 367. The van der Waals surface area contributed by atoms with Crippen LogP contribution in [0, 0.1) is 0 Å². The standard InChI is InChI=1S/C8H10N2O4S/c11-4-1-5(14-3-4)6-2-9-7(15-6)10-8(12)13/h2,4-5,11H,1,3H2,(H,9,10)(H,12,13)/t4-,5-/m0/s1. The Morgan fingerprint density at radius 3 is 3.13 bits per heavy atom. The van der Waals surface area contributed by atoms with Gasteiger partial charge in [0.05, 0.1) is 23.7 Å². The number of nitrogens with zero attached hydrogens (tertiary/aromatic N) is 1. The van der Waals surface area contributed by atoms with E-state index in [-0.39, 0.29) is 6.10 Å². The molecule has 2 rings (SSSR count). The second-order valence-corrected chi connectivity index (χ2v) is 4.27. The van der Waals surface area contributed by atoms with E-state index >= 15 is 0 Å². The van der Waals surface area contributed by atoms with E-state index < -0.39 is 12.2 Å². The van der Waals surface area contributed by atoms with E-state index in [9.17, 15) is 9.90 Å². The van der Waals surface area contributed by atoms with Crippen molar-refractivity contribution >= 4 is 22.6 Å². The van der Waals surface area contributed by atoms with Crippen LogP contribution in [0.1, 0.15) is 17.4 Å². The maximum absolute atomic E-state index is 10.3. The van der Waals surface area contributed by atoms with Crippen molar-refractivity contribution in [2.75, 3.05) is 11.9 Å². The molecule has 0 saturated carbocycles. The molecule has 82 valence electrons. The molecule has 1 aromatic heterocycles. The van der Waals surface area contributed by atoms with E-state index in [1.165, 1.54) is 11.3 Å². The average molecular weight is 230 g/mol. The number of ether oxygens (including phenoxy) is 1. The zero-order valence-corrected chi connectivity index (χ0v) is 8.53. The molecule has 7 heteroatoms. The van der Waals surface area contributed by atoms with Gasteiger partial charge in [0.2, 0.25) is 0 Å². The number of carbonyl (C=O) groups is 1. The van der Waals surface area contributed by atoms with Crippen LogP contribution < -0.4 is 5.32 Å². The van der Waals surface area contributed by atoms with E-state index in [0.29, 0.717) is 18.2 Å². The molecule has 0 aromatic carbocycles. The van der Waals surface area contributed by atoms with Gasteiger partial charge in [0.25, 0.3) is 0 Å². The van der Waals surface area contributed by atoms with Crippen LogP contribution in [0.15, 0.2) is 6.20 Å². The molecule has 15 heavy (non-hydrogen) atoms. The van der Waals surface area contributed by atoms with Crippen LogP contribution in [0.3, 0.4) is 0 Å². The molecule has 0 unspecified atom stereocenters. The fraction of sp³-hybridized carbons (Fsp3) is 0.500. The first-order valence-corrected chi connectivity index (χ1v) is 5.22. The third-order valence-electron chi connectivity index (χ3n) is 2.03. The first kappa shape index (κ1) is 10.3. The summed E-state index contributed by atoms with van der Waals surface area (Å²) in [4.78, 5) is 15.1. The number of thiazole rings is 1. The van der Waals surface area contributed by atoms with E-state index in [1.54, 1.807) is 6.20 Å². The highest BCUT2D eigenvalue weighted by Crippen LogP contribution is 2.33. The molecule has 0 spiro atoms. The number of amides is 1. The molecule has 3 N–H and O–H groups in total. The lowest BCUT2D eigenvalue weighted by molar-refractivity contribution is 0.0904. The van der Waals surface area contributed by atoms with Gasteiger partial charge in [-0.05, 0) is 0 Å². The van der Waals surface area contributed by atoms with Crippen molar-refractivity contribution in [2.45, 2.75) is 18.6 Å². The summed E-state index contributed by atoms with van der Waals surface area (Å²) in [5.74, 6) is 0. The van der Waals surface area contributed by atoms with Crippen molar-refractivity contribution in [1.29, 1.82) is 0 Å². The van der Waals surface area contributed by atoms with Gasteiger partial charge in [-0.2, -0.15) is 0 Å². The van der Waals surface area contributed by atoms with Crippen molar-refractivity contribution in [1.82, 2.24) is 4.98 Å². The maximum atomic E-state index is 10.3. The van der Waals surface area contributed by atoms with Crippen LogP contribution in [0.5, 0.6) is 0 Å². The summed E-state index contributed by atoms with van der Waals surface area (Å²) in [6, 6.07) is 0. The molecule has 6 nitrogen and oxygen atoms in total. The van der Waals surface area contributed by atoms with Gasteiger partial charge in [0.1, 0.15) is 0 Å². The van der Waals surface area contributed by atoms with Crippen LogP contribution in [-0.4, -0.2) is 34.0 Å². The Morgan fingerprint density at radius 1 is 1.73 bits per heavy atom. The highest BCUT2D eigenvalue weighted by Gasteiger charge is 2.26. The smallest absolute Gasteiger partial charge is 0.410 e. The second-order valence-electron chi connectivity index (χ2n) is 3.21. The minimum absolute atomic E-state index is 0.165. The Morgan fingerprint density at radius 2 is 2.53 bits per heavy atom. The number of hydrogen-bond acceptors (Lipinski definition) is 5. The number of aliphatic hydroxyl groups excluding tert-OH is 1. The predicted octanol–water partition coefficient (Wildman–Crippen LogP) is 1.06. The summed E-state index contributed by atoms with van der Waals surface area (Å²) in [5, 5.41) is 20.2. The SMILES string of the molecule is O=C(O)Nc1ncc([C@@H]2C[C@H](O)CO2)s1. The van der Waals surface area contributed by atoms with Crippen molar-refractivity contribution < 1.29 is 19.7 Å². The molecule has 1 saturated heterocycles. The van der Waals surface area contributed by atoms with E-state index in [0.717, 1.165) is 4.88 Å². The predicted molar refractivity (Wildman–Crippen MR) is 53.1 cm³/mol. The van der Waals surface area contributed by atoms with E-state index in [4.69, 9.17) is 9.84 Å². The lowest BCUT2D eigenvalue weighted by Gasteiger charge is -2.03. The topological polar surface area (TPSA) is 91.7 Å². The molecule has 0 aliphatic carbocycles. The quantitative estimate of drug-likeness (QED) is 0.706. The van der Waals surface area contributed by atoms with Crippen LogP contribution in [0.4, 0.5) is 9.93 Å². The highest BCUT2D eigenvalue weighted by molar-refractivity contribution is 7.15. The van der Waals surface area contributed by atoms with Gasteiger partial charge in [-0.15, -0.1) is 0 Å². The number of nitrogens with one attached hydrogen (secondary N) is 1. The first-order valence-electron chi connectivity index (χ1n) is 4.40. The minimum Gasteiger partial charge on any atom is -0.465 e. The Kier molecular flexibility index (Phi) is 2.85. The molecule has 1 aliphatic rings.